The number of ether oxygens (including phenoxy) is 1. The number of hydrogen-bond donors (Lipinski definition) is 1. The van der Waals surface area contributed by atoms with E-state index in [-0.39, 0.29) is 11.7 Å². The number of nitrogens with zero attached hydrogens (tertiary/aromatic N) is 2. The monoisotopic (exact) mass is 467 g/mol. The van der Waals surface area contributed by atoms with Crippen LogP contribution in [0.25, 0.3) is 0 Å². The summed E-state index contributed by atoms with van der Waals surface area (Å²) in [7, 11) is 1.68. The summed E-state index contributed by atoms with van der Waals surface area (Å²) in [6.07, 6.45) is 9.60. The van der Waals surface area contributed by atoms with Gasteiger partial charge < -0.3 is 19.9 Å². The van der Waals surface area contributed by atoms with Crippen molar-refractivity contribution in [3.63, 3.8) is 0 Å². The molecule has 0 radical (unpaired) electrons. The van der Waals surface area contributed by atoms with E-state index in [0.29, 0.717) is 35.6 Å². The van der Waals surface area contributed by atoms with Crippen molar-refractivity contribution in [2.45, 2.75) is 70.4 Å². The van der Waals surface area contributed by atoms with Gasteiger partial charge >= 0.3 is 0 Å². The van der Waals surface area contributed by atoms with Gasteiger partial charge in [0.1, 0.15) is 11.6 Å². The zero-order valence-electron chi connectivity index (χ0n) is 20.6. The predicted octanol–water partition coefficient (Wildman–Crippen LogP) is 5.78. The van der Waals surface area contributed by atoms with Crippen molar-refractivity contribution in [2.24, 2.45) is 0 Å². The maximum absolute atomic E-state index is 15.1. The molecular weight excluding hydrogens is 429 g/mol. The number of amides is 1. The summed E-state index contributed by atoms with van der Waals surface area (Å²) in [6.45, 7) is 4.47. The Kier molecular flexibility index (Phi) is 8.44. The topological polar surface area (TPSA) is 44.8 Å². The first-order valence-electron chi connectivity index (χ1n) is 12.9. The molecule has 0 aromatic heterocycles. The average Bonchev–Trinajstić information content (AvgIpc) is 3.32. The highest BCUT2D eigenvalue weighted by Crippen LogP contribution is 2.29. The van der Waals surface area contributed by atoms with Crippen LogP contribution in [0.5, 0.6) is 5.75 Å². The molecule has 2 aromatic carbocycles. The summed E-state index contributed by atoms with van der Waals surface area (Å²) in [5, 5.41) is 3.79. The fourth-order valence-corrected chi connectivity index (χ4v) is 5.02. The van der Waals surface area contributed by atoms with Crippen molar-refractivity contribution in [3.05, 3.63) is 53.8 Å². The van der Waals surface area contributed by atoms with Crippen molar-refractivity contribution >= 4 is 17.3 Å². The lowest BCUT2D eigenvalue weighted by Gasteiger charge is -2.27. The van der Waals surface area contributed by atoms with Crippen LogP contribution in [0.15, 0.2) is 42.5 Å². The standard InChI is InChI=1S/C28H38FN3O2/c1-3-4-18-34-25-13-10-21(11-14-25)28(33)31(2)24-12-15-27(26(29)19-24)32-17-16-23(20-32)30-22-8-6-5-7-9-22/h10-15,19,22-23,30H,3-9,16-18,20H2,1-2H3. The number of nitrogens with one attached hydrogen (secondary N) is 1. The Morgan fingerprint density at radius 1 is 1.09 bits per heavy atom. The highest BCUT2D eigenvalue weighted by Gasteiger charge is 2.27. The maximum Gasteiger partial charge on any atom is 0.258 e. The number of carbonyl (C=O) groups excluding carboxylic acids is 1. The minimum Gasteiger partial charge on any atom is -0.494 e. The van der Waals surface area contributed by atoms with Crippen molar-refractivity contribution in [3.8, 4) is 5.75 Å². The molecule has 0 spiro atoms. The van der Waals surface area contributed by atoms with Crippen molar-refractivity contribution < 1.29 is 13.9 Å². The highest BCUT2D eigenvalue weighted by molar-refractivity contribution is 6.05. The van der Waals surface area contributed by atoms with Gasteiger partial charge in [-0.1, -0.05) is 32.6 Å². The van der Waals surface area contributed by atoms with Gasteiger partial charge in [-0.2, -0.15) is 0 Å². The van der Waals surface area contributed by atoms with Crippen LogP contribution in [0.3, 0.4) is 0 Å². The SMILES string of the molecule is CCCCOc1ccc(C(=O)N(C)c2ccc(N3CCC(NC4CCCCC4)C3)c(F)c2)cc1. The van der Waals surface area contributed by atoms with Crippen molar-refractivity contribution in [1.29, 1.82) is 0 Å². The molecule has 1 N–H and O–H groups in total. The Morgan fingerprint density at radius 2 is 1.85 bits per heavy atom. The molecule has 2 fully saturated rings. The molecule has 0 bridgehead atoms. The van der Waals surface area contributed by atoms with Crippen LogP contribution in [0, 0.1) is 5.82 Å². The number of unbranched alkanes of at least 4 members (excludes halogenated alkanes) is 1. The van der Waals surface area contributed by atoms with Crippen LogP contribution in [0.2, 0.25) is 0 Å². The fourth-order valence-electron chi connectivity index (χ4n) is 5.02. The maximum atomic E-state index is 15.1. The smallest absolute Gasteiger partial charge is 0.258 e. The van der Waals surface area contributed by atoms with Crippen molar-refractivity contribution in [1.82, 2.24) is 5.32 Å². The molecule has 1 aliphatic heterocycles. The lowest BCUT2D eigenvalue weighted by Crippen LogP contribution is -2.41. The van der Waals surface area contributed by atoms with Crippen LogP contribution in [-0.4, -0.2) is 44.7 Å². The van der Waals surface area contributed by atoms with Gasteiger partial charge in [0, 0.05) is 43.5 Å². The molecule has 1 atom stereocenters. The second-order valence-corrected chi connectivity index (χ2v) is 9.66. The summed E-state index contributed by atoms with van der Waals surface area (Å²) < 4.78 is 20.8. The van der Waals surface area contributed by atoms with Gasteiger partial charge in [-0.05, 0) is 68.1 Å². The molecule has 4 rings (SSSR count). The fraction of sp³-hybridized carbons (Fsp3) is 0.536. The summed E-state index contributed by atoms with van der Waals surface area (Å²) >= 11 is 0. The van der Waals surface area contributed by atoms with E-state index in [1.165, 1.54) is 43.1 Å². The molecule has 34 heavy (non-hydrogen) atoms. The zero-order chi connectivity index (χ0) is 23.9. The number of benzene rings is 2. The van der Waals surface area contributed by atoms with Crippen LogP contribution in [0.4, 0.5) is 15.8 Å². The van der Waals surface area contributed by atoms with E-state index in [4.69, 9.17) is 4.74 Å². The second kappa shape index (κ2) is 11.7. The zero-order valence-corrected chi connectivity index (χ0v) is 20.6. The Hall–Kier alpha value is -2.60. The van der Waals surface area contributed by atoms with E-state index in [1.54, 1.807) is 19.2 Å². The molecule has 6 heteroatoms. The predicted molar refractivity (Wildman–Crippen MR) is 137 cm³/mol. The Labute approximate surface area is 203 Å². The first-order chi connectivity index (χ1) is 16.5. The van der Waals surface area contributed by atoms with E-state index < -0.39 is 0 Å². The van der Waals surface area contributed by atoms with Gasteiger partial charge in [0.05, 0.1) is 12.3 Å². The van der Waals surface area contributed by atoms with Crippen LogP contribution < -0.4 is 19.9 Å². The largest absolute Gasteiger partial charge is 0.494 e. The van der Waals surface area contributed by atoms with Crippen LogP contribution in [0.1, 0.15) is 68.6 Å². The summed E-state index contributed by atoms with van der Waals surface area (Å²) in [4.78, 5) is 16.6. The van der Waals surface area contributed by atoms with E-state index in [0.717, 1.165) is 38.1 Å². The highest BCUT2D eigenvalue weighted by atomic mass is 19.1. The van der Waals surface area contributed by atoms with Gasteiger partial charge in [-0.15, -0.1) is 0 Å². The van der Waals surface area contributed by atoms with Gasteiger partial charge in [-0.25, -0.2) is 4.39 Å². The molecule has 2 aromatic rings. The number of halogens is 1. The molecular formula is C28H38FN3O2. The van der Waals surface area contributed by atoms with Crippen LogP contribution in [-0.2, 0) is 0 Å². The molecule has 184 valence electrons. The van der Waals surface area contributed by atoms with Gasteiger partial charge in [0.2, 0.25) is 0 Å². The normalized spacial score (nSPS) is 18.8. The Balaban J connectivity index is 1.35. The Bertz CT molecular complexity index is 943. The molecule has 1 amide bonds. The van der Waals surface area contributed by atoms with Gasteiger partial charge in [0.15, 0.2) is 0 Å². The van der Waals surface area contributed by atoms with Gasteiger partial charge in [0.25, 0.3) is 5.91 Å². The molecule has 1 aliphatic carbocycles. The van der Waals surface area contributed by atoms with Gasteiger partial charge in [-0.3, -0.25) is 4.79 Å². The van der Waals surface area contributed by atoms with E-state index in [9.17, 15) is 4.79 Å². The number of anilines is 2. The Morgan fingerprint density at radius 3 is 2.56 bits per heavy atom. The average molecular weight is 468 g/mol. The lowest BCUT2D eigenvalue weighted by atomic mass is 9.95. The number of hydrogen-bond acceptors (Lipinski definition) is 4. The van der Waals surface area contributed by atoms with E-state index >= 15 is 4.39 Å². The summed E-state index contributed by atoms with van der Waals surface area (Å²) in [6, 6.07) is 13.3. The molecule has 2 aliphatic rings. The number of carbonyl (C=O) groups is 1. The minimum atomic E-state index is -0.282. The minimum absolute atomic E-state index is 0.176. The first kappa shape index (κ1) is 24.5. The quantitative estimate of drug-likeness (QED) is 0.475. The lowest BCUT2D eigenvalue weighted by molar-refractivity contribution is 0.0993. The molecule has 1 saturated heterocycles. The summed E-state index contributed by atoms with van der Waals surface area (Å²) in [5.74, 6) is 0.297. The van der Waals surface area contributed by atoms with Crippen LogP contribution >= 0.6 is 0 Å². The first-order valence-corrected chi connectivity index (χ1v) is 12.9. The molecule has 1 unspecified atom stereocenters. The summed E-state index contributed by atoms with van der Waals surface area (Å²) in [5.41, 5.74) is 1.71. The van der Waals surface area contributed by atoms with Crippen molar-refractivity contribution in [2.75, 3.05) is 36.5 Å². The third kappa shape index (κ3) is 6.09. The van der Waals surface area contributed by atoms with E-state index in [2.05, 4.69) is 17.1 Å². The molecule has 5 nitrogen and oxygen atoms in total. The number of rotatable bonds is 9. The molecule has 1 saturated carbocycles. The molecule has 1 heterocycles. The van der Waals surface area contributed by atoms with E-state index in [1.807, 2.05) is 24.3 Å². The third-order valence-electron chi connectivity index (χ3n) is 7.10. The second-order valence-electron chi connectivity index (χ2n) is 9.66. The third-order valence-corrected chi connectivity index (χ3v) is 7.10.